The Kier molecular flexibility index (Phi) is 9.89. The molecule has 9 nitrogen and oxygen atoms in total. The number of methoxy groups -OCH3 is 3. The number of benzene rings is 2. The summed E-state index contributed by atoms with van der Waals surface area (Å²) >= 11 is 0. The van der Waals surface area contributed by atoms with Gasteiger partial charge in [-0.15, -0.1) is 0 Å². The number of aliphatic carboxylic acids is 2. The lowest BCUT2D eigenvalue weighted by atomic mass is 10.1. The molecule has 1 fully saturated rings. The normalized spacial score (nSPS) is 14.1. The molecule has 180 valence electrons. The molecule has 1 aliphatic rings. The summed E-state index contributed by atoms with van der Waals surface area (Å²) in [5, 5.41) is 14.8. The van der Waals surface area contributed by atoms with Gasteiger partial charge in [0.05, 0.1) is 21.3 Å². The Bertz CT molecular complexity index is 934. The van der Waals surface area contributed by atoms with E-state index >= 15 is 0 Å². The average Bonchev–Trinajstić information content (AvgIpc) is 2.80. The van der Waals surface area contributed by atoms with Gasteiger partial charge in [-0.05, 0) is 23.8 Å². The molecule has 3 rings (SSSR count). The Balaban J connectivity index is 0.000000569. The molecule has 2 N–H and O–H groups in total. The Morgan fingerprint density at radius 1 is 0.848 bits per heavy atom. The van der Waals surface area contributed by atoms with Crippen molar-refractivity contribution in [2.45, 2.75) is 13.1 Å². The zero-order valence-electron chi connectivity index (χ0n) is 18.9. The Morgan fingerprint density at radius 2 is 1.42 bits per heavy atom. The molecule has 0 saturated carbocycles. The van der Waals surface area contributed by atoms with Crippen molar-refractivity contribution in [3.63, 3.8) is 0 Å². The molecule has 10 heteroatoms. The number of carboxylic acid groups (broad SMARTS) is 2. The summed E-state index contributed by atoms with van der Waals surface area (Å²) in [6, 6.07) is 10.8. The summed E-state index contributed by atoms with van der Waals surface area (Å²) in [6.07, 6.45) is 0. The van der Waals surface area contributed by atoms with E-state index in [1.54, 1.807) is 33.5 Å². The highest BCUT2D eigenvalue weighted by molar-refractivity contribution is 6.27. The van der Waals surface area contributed by atoms with Gasteiger partial charge in [-0.3, -0.25) is 9.80 Å². The van der Waals surface area contributed by atoms with Gasteiger partial charge < -0.3 is 24.4 Å². The van der Waals surface area contributed by atoms with E-state index in [9.17, 15) is 4.39 Å². The monoisotopic (exact) mass is 464 g/mol. The van der Waals surface area contributed by atoms with Crippen LogP contribution in [-0.4, -0.2) is 79.5 Å². The van der Waals surface area contributed by atoms with Crippen LogP contribution in [0.25, 0.3) is 0 Å². The molecule has 0 atom stereocenters. The molecular formula is C23H29FN2O7. The van der Waals surface area contributed by atoms with Crippen molar-refractivity contribution in [2.24, 2.45) is 0 Å². The first-order valence-corrected chi connectivity index (χ1v) is 10.2. The number of halogens is 1. The van der Waals surface area contributed by atoms with E-state index in [2.05, 4.69) is 9.80 Å². The molecule has 0 aliphatic carbocycles. The number of ether oxygens (including phenoxy) is 3. The van der Waals surface area contributed by atoms with Crippen LogP contribution in [0.5, 0.6) is 17.2 Å². The predicted molar refractivity (Wildman–Crippen MR) is 118 cm³/mol. The number of rotatable bonds is 7. The van der Waals surface area contributed by atoms with Gasteiger partial charge in [0.25, 0.3) is 0 Å². The van der Waals surface area contributed by atoms with Gasteiger partial charge in [0.1, 0.15) is 5.82 Å². The van der Waals surface area contributed by atoms with Crippen LogP contribution in [0.1, 0.15) is 11.1 Å². The highest BCUT2D eigenvalue weighted by Gasteiger charge is 2.21. The van der Waals surface area contributed by atoms with Crippen molar-refractivity contribution in [1.82, 2.24) is 9.80 Å². The van der Waals surface area contributed by atoms with Crippen molar-refractivity contribution in [3.8, 4) is 17.2 Å². The number of nitrogens with zero attached hydrogens (tertiary/aromatic N) is 2. The van der Waals surface area contributed by atoms with Gasteiger partial charge in [-0.25, -0.2) is 14.0 Å². The smallest absolute Gasteiger partial charge is 0.414 e. The molecule has 0 spiro atoms. The quantitative estimate of drug-likeness (QED) is 0.597. The number of piperazine rings is 1. The molecule has 2 aromatic carbocycles. The lowest BCUT2D eigenvalue weighted by Crippen LogP contribution is -2.45. The molecule has 1 aliphatic heterocycles. The van der Waals surface area contributed by atoms with E-state index in [1.165, 1.54) is 6.07 Å². The summed E-state index contributed by atoms with van der Waals surface area (Å²) in [5.41, 5.74) is 2.10. The highest BCUT2D eigenvalue weighted by atomic mass is 19.1. The second kappa shape index (κ2) is 12.6. The van der Waals surface area contributed by atoms with Gasteiger partial charge in [-0.2, -0.15) is 0 Å². The van der Waals surface area contributed by atoms with Crippen LogP contribution in [0.15, 0.2) is 36.4 Å². The van der Waals surface area contributed by atoms with E-state index in [-0.39, 0.29) is 5.82 Å². The van der Waals surface area contributed by atoms with Gasteiger partial charge in [0, 0.05) is 44.8 Å². The fraction of sp³-hybridized carbons (Fsp3) is 0.391. The first-order chi connectivity index (χ1) is 15.8. The van der Waals surface area contributed by atoms with Crippen LogP contribution < -0.4 is 14.2 Å². The molecule has 1 heterocycles. The van der Waals surface area contributed by atoms with E-state index in [0.717, 1.165) is 56.1 Å². The fourth-order valence-electron chi connectivity index (χ4n) is 3.53. The van der Waals surface area contributed by atoms with Gasteiger partial charge in [0.15, 0.2) is 11.5 Å². The molecule has 1 saturated heterocycles. The standard InChI is InChI=1S/C21H27FN2O3.C2H2O4/c1-25-19-8-7-17(20(26-2)21(19)27-3)15-24-11-9-23(10-12-24)14-16-5-4-6-18(22)13-16;3-1(4)2(5)6/h4-8,13H,9-12,14-15H2,1-3H3;(H,3,4)(H,5,6). The summed E-state index contributed by atoms with van der Waals surface area (Å²) in [4.78, 5) is 23.0. The van der Waals surface area contributed by atoms with Gasteiger partial charge in [-0.1, -0.05) is 18.2 Å². The zero-order chi connectivity index (χ0) is 24.4. The van der Waals surface area contributed by atoms with Crippen LogP contribution in [-0.2, 0) is 22.7 Å². The minimum absolute atomic E-state index is 0.174. The average molecular weight is 464 g/mol. The maximum atomic E-state index is 13.4. The SMILES string of the molecule is COc1ccc(CN2CCN(Cc3cccc(F)c3)CC2)c(OC)c1OC.O=C(O)C(=O)O. The molecule has 33 heavy (non-hydrogen) atoms. The lowest BCUT2D eigenvalue weighted by molar-refractivity contribution is -0.159. The second-order valence-electron chi connectivity index (χ2n) is 7.29. The maximum Gasteiger partial charge on any atom is 0.414 e. The number of carbonyl (C=O) groups is 2. The second-order valence-corrected chi connectivity index (χ2v) is 7.29. The lowest BCUT2D eigenvalue weighted by Gasteiger charge is -2.35. The fourth-order valence-corrected chi connectivity index (χ4v) is 3.53. The highest BCUT2D eigenvalue weighted by Crippen LogP contribution is 2.40. The first-order valence-electron chi connectivity index (χ1n) is 10.2. The summed E-state index contributed by atoms with van der Waals surface area (Å²) < 4.78 is 29.8. The van der Waals surface area contributed by atoms with Crippen molar-refractivity contribution < 1.29 is 38.4 Å². The van der Waals surface area contributed by atoms with Crippen LogP contribution in [0.2, 0.25) is 0 Å². The van der Waals surface area contributed by atoms with E-state index in [4.69, 9.17) is 34.0 Å². The Hall–Kier alpha value is -3.37. The number of hydrogen-bond acceptors (Lipinski definition) is 7. The molecular weight excluding hydrogens is 435 g/mol. The van der Waals surface area contributed by atoms with Crippen LogP contribution in [0, 0.1) is 5.82 Å². The van der Waals surface area contributed by atoms with Crippen molar-refractivity contribution in [2.75, 3.05) is 47.5 Å². The van der Waals surface area contributed by atoms with Crippen LogP contribution >= 0.6 is 0 Å². The zero-order valence-corrected chi connectivity index (χ0v) is 18.9. The van der Waals surface area contributed by atoms with Gasteiger partial charge >= 0.3 is 11.9 Å². The van der Waals surface area contributed by atoms with Crippen molar-refractivity contribution in [3.05, 3.63) is 53.3 Å². The molecule has 0 radical (unpaired) electrons. The maximum absolute atomic E-state index is 13.4. The predicted octanol–water partition coefficient (Wildman–Crippen LogP) is 2.32. The minimum Gasteiger partial charge on any atom is -0.493 e. The molecule has 0 unspecified atom stereocenters. The Morgan fingerprint density at radius 3 is 1.91 bits per heavy atom. The van der Waals surface area contributed by atoms with E-state index in [1.807, 2.05) is 18.2 Å². The Labute approximate surface area is 191 Å². The van der Waals surface area contributed by atoms with Crippen LogP contribution in [0.3, 0.4) is 0 Å². The van der Waals surface area contributed by atoms with Crippen molar-refractivity contribution >= 4 is 11.9 Å². The van der Waals surface area contributed by atoms with Crippen molar-refractivity contribution in [1.29, 1.82) is 0 Å². The molecule has 0 bridgehead atoms. The third-order valence-electron chi connectivity index (χ3n) is 5.12. The number of carboxylic acids is 2. The summed E-state index contributed by atoms with van der Waals surface area (Å²) in [7, 11) is 4.89. The third-order valence-corrected chi connectivity index (χ3v) is 5.12. The van der Waals surface area contributed by atoms with Gasteiger partial charge in [0.2, 0.25) is 5.75 Å². The summed E-state index contributed by atoms with van der Waals surface area (Å²) in [5.74, 6) is -1.81. The third kappa shape index (κ3) is 7.62. The summed E-state index contributed by atoms with van der Waals surface area (Å²) in [6.45, 7) is 5.38. The first kappa shape index (κ1) is 25.9. The van der Waals surface area contributed by atoms with E-state index < -0.39 is 11.9 Å². The topological polar surface area (TPSA) is 109 Å². The molecule has 2 aromatic rings. The molecule has 0 aromatic heterocycles. The molecule has 0 amide bonds. The van der Waals surface area contributed by atoms with E-state index in [0.29, 0.717) is 11.5 Å². The van der Waals surface area contributed by atoms with Crippen LogP contribution in [0.4, 0.5) is 4.39 Å². The largest absolute Gasteiger partial charge is 0.493 e. The minimum atomic E-state index is -1.82. The number of hydrogen-bond donors (Lipinski definition) is 2.